The Hall–Kier alpha value is -1.94. The van der Waals surface area contributed by atoms with Gasteiger partial charge in [-0.3, -0.25) is 0 Å². The van der Waals surface area contributed by atoms with E-state index in [0.29, 0.717) is 28.2 Å². The van der Waals surface area contributed by atoms with Crippen LogP contribution in [0.4, 0.5) is 0 Å². The van der Waals surface area contributed by atoms with Gasteiger partial charge in [-0.25, -0.2) is 4.98 Å². The van der Waals surface area contributed by atoms with Gasteiger partial charge in [0.25, 0.3) is 0 Å². The Morgan fingerprint density at radius 1 is 0.889 bits per heavy atom. The van der Waals surface area contributed by atoms with E-state index >= 15 is 0 Å². The molecule has 1 aromatic carbocycles. The Bertz CT molecular complexity index is 523. The molecule has 0 atom stereocenters. The second kappa shape index (κ2) is 5.60. The molecule has 94 valence electrons. The Morgan fingerprint density at radius 2 is 1.50 bits per heavy atom. The van der Waals surface area contributed by atoms with Gasteiger partial charge in [0, 0.05) is 30.5 Å². The van der Waals surface area contributed by atoms with Crippen molar-refractivity contribution >= 4 is 11.6 Å². The first kappa shape index (κ1) is 12.5. The fourth-order valence-electron chi connectivity index (χ4n) is 1.42. The zero-order valence-corrected chi connectivity index (χ0v) is 10.8. The second-order valence-electron chi connectivity index (χ2n) is 3.46. The Morgan fingerprint density at radius 3 is 2.06 bits per heavy atom. The lowest BCUT2D eigenvalue weighted by molar-refractivity contribution is 0.386. The maximum absolute atomic E-state index is 5.79. The normalized spacial score (nSPS) is 9.94. The standard InChI is InChI=1S/C13H12ClNO3/c1-16-10-5-11(17-2)7-12(6-10)18-9-3-4-15-13(14)8-9/h3-8H,1-2H3. The van der Waals surface area contributed by atoms with Crippen LogP contribution in [0, 0.1) is 0 Å². The molecule has 18 heavy (non-hydrogen) atoms. The molecule has 0 bridgehead atoms. The Balaban J connectivity index is 2.28. The average molecular weight is 266 g/mol. The molecule has 1 heterocycles. The van der Waals surface area contributed by atoms with Crippen molar-refractivity contribution in [1.29, 1.82) is 0 Å². The molecule has 0 amide bonds. The zero-order valence-electron chi connectivity index (χ0n) is 10.0. The number of hydrogen-bond acceptors (Lipinski definition) is 4. The molecule has 0 spiro atoms. The molecule has 4 nitrogen and oxygen atoms in total. The minimum Gasteiger partial charge on any atom is -0.496 e. The summed E-state index contributed by atoms with van der Waals surface area (Å²) in [4.78, 5) is 3.88. The topological polar surface area (TPSA) is 40.6 Å². The zero-order chi connectivity index (χ0) is 13.0. The minimum atomic E-state index is 0.377. The lowest BCUT2D eigenvalue weighted by Crippen LogP contribution is -1.90. The van der Waals surface area contributed by atoms with Crippen LogP contribution in [0.25, 0.3) is 0 Å². The molecule has 5 heteroatoms. The van der Waals surface area contributed by atoms with Crippen molar-refractivity contribution in [3.8, 4) is 23.0 Å². The van der Waals surface area contributed by atoms with E-state index in [1.54, 1.807) is 50.7 Å². The summed E-state index contributed by atoms with van der Waals surface area (Å²) in [7, 11) is 3.17. The summed E-state index contributed by atoms with van der Waals surface area (Å²) in [6.45, 7) is 0. The fraction of sp³-hybridized carbons (Fsp3) is 0.154. The van der Waals surface area contributed by atoms with Gasteiger partial charge in [0.1, 0.15) is 28.2 Å². The highest BCUT2D eigenvalue weighted by atomic mass is 35.5. The number of nitrogens with zero attached hydrogens (tertiary/aromatic N) is 1. The third kappa shape index (κ3) is 3.05. The predicted octanol–water partition coefficient (Wildman–Crippen LogP) is 3.54. The van der Waals surface area contributed by atoms with Crippen LogP contribution in [-0.2, 0) is 0 Å². The monoisotopic (exact) mass is 265 g/mol. The number of benzene rings is 1. The molecule has 0 radical (unpaired) electrons. The maximum Gasteiger partial charge on any atom is 0.134 e. The van der Waals surface area contributed by atoms with Crippen LogP contribution < -0.4 is 14.2 Å². The van der Waals surface area contributed by atoms with Gasteiger partial charge in [0.2, 0.25) is 0 Å². The molecule has 2 aromatic rings. The first-order chi connectivity index (χ1) is 8.71. The van der Waals surface area contributed by atoms with Crippen molar-refractivity contribution in [2.75, 3.05) is 14.2 Å². The van der Waals surface area contributed by atoms with E-state index in [1.165, 1.54) is 0 Å². The maximum atomic E-state index is 5.79. The van der Waals surface area contributed by atoms with E-state index in [4.69, 9.17) is 25.8 Å². The number of pyridine rings is 1. The lowest BCUT2D eigenvalue weighted by Gasteiger charge is -2.09. The SMILES string of the molecule is COc1cc(OC)cc(Oc2ccnc(Cl)c2)c1. The quantitative estimate of drug-likeness (QED) is 0.793. The van der Waals surface area contributed by atoms with Crippen LogP contribution in [0.5, 0.6) is 23.0 Å². The molecule has 0 aliphatic carbocycles. The molecule has 0 saturated heterocycles. The minimum absolute atomic E-state index is 0.377. The van der Waals surface area contributed by atoms with Crippen molar-refractivity contribution in [2.45, 2.75) is 0 Å². The van der Waals surface area contributed by atoms with Crippen LogP contribution in [0.2, 0.25) is 5.15 Å². The van der Waals surface area contributed by atoms with E-state index in [9.17, 15) is 0 Å². The van der Waals surface area contributed by atoms with Crippen molar-refractivity contribution < 1.29 is 14.2 Å². The number of halogens is 1. The third-order valence-corrected chi connectivity index (χ3v) is 2.47. The van der Waals surface area contributed by atoms with E-state index in [1.807, 2.05) is 0 Å². The summed E-state index contributed by atoms with van der Waals surface area (Å²) < 4.78 is 16.0. The largest absolute Gasteiger partial charge is 0.496 e. The third-order valence-electron chi connectivity index (χ3n) is 2.26. The number of methoxy groups -OCH3 is 2. The molecular formula is C13H12ClNO3. The first-order valence-electron chi connectivity index (χ1n) is 5.24. The summed E-state index contributed by atoms with van der Waals surface area (Å²) in [5.74, 6) is 2.52. The molecule has 0 saturated carbocycles. The van der Waals surface area contributed by atoms with Crippen molar-refractivity contribution in [3.63, 3.8) is 0 Å². The number of ether oxygens (including phenoxy) is 3. The molecular weight excluding hydrogens is 254 g/mol. The van der Waals surface area contributed by atoms with Crippen LogP contribution in [0.1, 0.15) is 0 Å². The molecule has 0 N–H and O–H groups in total. The van der Waals surface area contributed by atoms with Gasteiger partial charge in [-0.2, -0.15) is 0 Å². The lowest BCUT2D eigenvalue weighted by atomic mass is 10.3. The van der Waals surface area contributed by atoms with Crippen molar-refractivity contribution in [2.24, 2.45) is 0 Å². The van der Waals surface area contributed by atoms with Gasteiger partial charge in [-0.1, -0.05) is 11.6 Å². The highest BCUT2D eigenvalue weighted by Gasteiger charge is 2.04. The molecule has 1 aromatic heterocycles. The van der Waals surface area contributed by atoms with Crippen molar-refractivity contribution in [3.05, 3.63) is 41.7 Å². The van der Waals surface area contributed by atoms with Crippen LogP contribution in [0.3, 0.4) is 0 Å². The van der Waals surface area contributed by atoms with E-state index in [-0.39, 0.29) is 0 Å². The number of rotatable bonds is 4. The predicted molar refractivity (Wildman–Crippen MR) is 68.9 cm³/mol. The van der Waals surface area contributed by atoms with E-state index in [2.05, 4.69) is 4.98 Å². The highest BCUT2D eigenvalue weighted by molar-refractivity contribution is 6.29. The molecule has 0 aliphatic heterocycles. The summed E-state index contributed by atoms with van der Waals surface area (Å²) in [6, 6.07) is 8.64. The Kier molecular flexibility index (Phi) is 3.89. The molecule has 0 fully saturated rings. The first-order valence-corrected chi connectivity index (χ1v) is 5.61. The van der Waals surface area contributed by atoms with Gasteiger partial charge in [-0.05, 0) is 6.07 Å². The van der Waals surface area contributed by atoms with Gasteiger partial charge in [-0.15, -0.1) is 0 Å². The Labute approximate surface area is 110 Å². The van der Waals surface area contributed by atoms with Crippen LogP contribution in [0.15, 0.2) is 36.5 Å². The van der Waals surface area contributed by atoms with Crippen molar-refractivity contribution in [1.82, 2.24) is 4.98 Å². The van der Waals surface area contributed by atoms with Gasteiger partial charge in [0.15, 0.2) is 0 Å². The van der Waals surface area contributed by atoms with Gasteiger partial charge >= 0.3 is 0 Å². The highest BCUT2D eigenvalue weighted by Crippen LogP contribution is 2.31. The van der Waals surface area contributed by atoms with Gasteiger partial charge in [0.05, 0.1) is 14.2 Å². The fourth-order valence-corrected chi connectivity index (χ4v) is 1.59. The second-order valence-corrected chi connectivity index (χ2v) is 3.85. The molecule has 0 unspecified atom stereocenters. The summed E-state index contributed by atoms with van der Waals surface area (Å²) in [5, 5.41) is 0.377. The summed E-state index contributed by atoms with van der Waals surface area (Å²) in [5.41, 5.74) is 0. The smallest absolute Gasteiger partial charge is 0.134 e. The van der Waals surface area contributed by atoms with Crippen LogP contribution >= 0.6 is 11.6 Å². The van der Waals surface area contributed by atoms with Gasteiger partial charge < -0.3 is 14.2 Å². The molecule has 2 rings (SSSR count). The number of hydrogen-bond donors (Lipinski definition) is 0. The van der Waals surface area contributed by atoms with E-state index in [0.717, 1.165) is 0 Å². The molecule has 0 aliphatic rings. The number of aromatic nitrogens is 1. The average Bonchev–Trinajstić information content (AvgIpc) is 2.38. The van der Waals surface area contributed by atoms with Crippen LogP contribution in [-0.4, -0.2) is 19.2 Å². The summed E-state index contributed by atoms with van der Waals surface area (Å²) in [6.07, 6.45) is 1.58. The summed E-state index contributed by atoms with van der Waals surface area (Å²) >= 11 is 5.79. The van der Waals surface area contributed by atoms with E-state index < -0.39 is 0 Å².